The minimum atomic E-state index is -0.857. The number of carbonyl (C=O) groups excluding carboxylic acids is 8. The van der Waals surface area contributed by atoms with Gasteiger partial charge in [-0.05, 0) is 25.7 Å². The molecule has 0 aromatic heterocycles. The van der Waals surface area contributed by atoms with Gasteiger partial charge in [0, 0.05) is 46.2 Å². The predicted molar refractivity (Wildman–Crippen MR) is 195 cm³/mol. The minimum absolute atomic E-state index is 0.00893. The molecule has 0 saturated heterocycles. The van der Waals surface area contributed by atoms with E-state index in [4.69, 9.17) is 35.2 Å². The average Bonchev–Trinajstić information content (AvgIpc) is 3.10. The van der Waals surface area contributed by atoms with Crippen molar-refractivity contribution in [2.24, 2.45) is 11.5 Å². The molecule has 2 unspecified atom stereocenters. The Hall–Kier alpha value is -4.04. The van der Waals surface area contributed by atoms with Crippen LogP contribution < -0.4 is 32.7 Å². The molecule has 6 amide bonds. The molecule has 19 heteroatoms. The molecule has 0 bridgehead atoms. The Morgan fingerprint density at radius 3 is 1.30 bits per heavy atom. The first-order valence-electron chi connectivity index (χ1n) is 18.4. The van der Waals surface area contributed by atoms with E-state index in [0.29, 0.717) is 84.1 Å². The molecule has 54 heavy (non-hydrogen) atoms. The van der Waals surface area contributed by atoms with Gasteiger partial charge in [-0.15, -0.1) is 0 Å². The van der Waals surface area contributed by atoms with E-state index in [1.807, 2.05) is 0 Å². The summed E-state index contributed by atoms with van der Waals surface area (Å²) >= 11 is 0. The van der Waals surface area contributed by atoms with E-state index in [1.54, 1.807) is 0 Å². The summed E-state index contributed by atoms with van der Waals surface area (Å²) in [6.07, 6.45) is 5.00. The summed E-state index contributed by atoms with van der Waals surface area (Å²) in [5.74, 6) is -2.72. The van der Waals surface area contributed by atoms with E-state index in [1.165, 1.54) is 13.8 Å². The Morgan fingerprint density at radius 1 is 0.463 bits per heavy atom. The Morgan fingerprint density at radius 2 is 0.870 bits per heavy atom. The highest BCUT2D eigenvalue weighted by atomic mass is 16.5. The Labute approximate surface area is 317 Å². The molecule has 0 aromatic rings. The number of nitrogens with two attached hydrogens (primary N) is 2. The zero-order chi connectivity index (χ0) is 40.4. The van der Waals surface area contributed by atoms with E-state index in [9.17, 15) is 38.4 Å². The van der Waals surface area contributed by atoms with Gasteiger partial charge in [0.2, 0.25) is 35.4 Å². The van der Waals surface area contributed by atoms with Crippen molar-refractivity contribution in [1.82, 2.24) is 21.3 Å². The smallest absolute Gasteiger partial charge is 0.246 e. The van der Waals surface area contributed by atoms with Crippen molar-refractivity contribution < 1.29 is 62.0 Å². The van der Waals surface area contributed by atoms with Crippen molar-refractivity contribution in [2.45, 2.75) is 96.6 Å². The van der Waals surface area contributed by atoms with E-state index >= 15 is 0 Å². The van der Waals surface area contributed by atoms with Crippen molar-refractivity contribution in [2.75, 3.05) is 79.2 Å². The monoisotopic (exact) mass is 774 g/mol. The summed E-state index contributed by atoms with van der Waals surface area (Å²) in [7, 11) is 0. The number of hydrogen-bond donors (Lipinski definition) is 6. The van der Waals surface area contributed by atoms with Crippen LogP contribution in [0.25, 0.3) is 0 Å². The van der Waals surface area contributed by atoms with Crippen LogP contribution in [0.1, 0.15) is 84.5 Å². The number of primary amides is 2. The molecule has 2 atom stereocenters. The molecule has 0 fully saturated rings. The number of carbonyl (C=O) groups is 8. The fourth-order valence-corrected chi connectivity index (χ4v) is 4.68. The van der Waals surface area contributed by atoms with E-state index in [2.05, 4.69) is 21.3 Å². The Balaban J connectivity index is 3.90. The zero-order valence-electron chi connectivity index (χ0n) is 31.9. The fraction of sp³-hybridized carbons (Fsp3) is 0.771. The normalized spacial score (nSPS) is 12.0. The quantitative estimate of drug-likeness (QED) is 0.0402. The van der Waals surface area contributed by atoms with Crippen molar-refractivity contribution in [3.05, 3.63) is 0 Å². The van der Waals surface area contributed by atoms with Gasteiger partial charge in [0.1, 0.15) is 37.7 Å². The van der Waals surface area contributed by atoms with Crippen LogP contribution in [0, 0.1) is 0 Å². The SMILES string of the molecule is CC(=O)NCCOCCOCC(=O)NC(CCCCCC(=O)CCOCC(=O)CCCCCC(NC(=O)COCCOCCNC(C)=O)C(N)=O)C(N)=O. The molecule has 0 aromatic carbocycles. The maximum atomic E-state index is 12.2. The number of nitrogens with one attached hydrogen (secondary N) is 4. The Kier molecular flexibility index (Phi) is 31.0. The number of amides is 6. The van der Waals surface area contributed by atoms with Gasteiger partial charge >= 0.3 is 0 Å². The third-order valence-electron chi connectivity index (χ3n) is 7.49. The van der Waals surface area contributed by atoms with Gasteiger partial charge in [-0.2, -0.15) is 0 Å². The lowest BCUT2D eigenvalue weighted by molar-refractivity contribution is -0.131. The lowest BCUT2D eigenvalue weighted by Crippen LogP contribution is -2.45. The number of Topliss-reactive ketones (excluding diaryl/α,β-unsaturated/α-hetero) is 2. The molecule has 0 radical (unpaired) electrons. The average molecular weight is 775 g/mol. The van der Waals surface area contributed by atoms with Gasteiger partial charge in [0.15, 0.2) is 5.78 Å². The summed E-state index contributed by atoms with van der Waals surface area (Å²) in [4.78, 5) is 93.5. The topological polar surface area (TPSA) is 283 Å². The standard InChI is InChI=1S/C35H62N6O13/c1-26(42)38-14-17-50-19-21-53-24-32(46)40-30(34(36)48)11-7-3-5-9-28(44)13-16-52-23-29(45)10-6-4-8-12-31(35(37)49)41-33(47)25-54-22-20-51-18-15-39-27(2)43/h30-31H,3-25H2,1-2H3,(H2,36,48)(H2,37,49)(H,38,42)(H,39,43)(H,40,46)(H,41,47). The highest BCUT2D eigenvalue weighted by Gasteiger charge is 2.19. The van der Waals surface area contributed by atoms with Crippen LogP contribution in [0.4, 0.5) is 0 Å². The van der Waals surface area contributed by atoms with Crippen LogP contribution in [-0.2, 0) is 62.0 Å². The molecule has 310 valence electrons. The number of hydrogen-bond acceptors (Lipinski definition) is 13. The highest BCUT2D eigenvalue weighted by Crippen LogP contribution is 2.09. The first-order chi connectivity index (χ1) is 25.8. The summed E-state index contributed by atoms with van der Waals surface area (Å²) in [6.45, 7) is 4.51. The molecular weight excluding hydrogens is 712 g/mol. The summed E-state index contributed by atoms with van der Waals surface area (Å²) in [5, 5.41) is 10.3. The Bertz CT molecular complexity index is 1050. The molecule has 0 aliphatic carbocycles. The highest BCUT2D eigenvalue weighted by molar-refractivity contribution is 5.87. The lowest BCUT2D eigenvalue weighted by Gasteiger charge is -2.15. The van der Waals surface area contributed by atoms with Gasteiger partial charge in [-0.1, -0.05) is 25.7 Å². The lowest BCUT2D eigenvalue weighted by atomic mass is 10.0. The van der Waals surface area contributed by atoms with Crippen LogP contribution in [0.5, 0.6) is 0 Å². The molecule has 0 saturated carbocycles. The first kappa shape index (κ1) is 50.0. The number of ether oxygens (including phenoxy) is 5. The first-order valence-corrected chi connectivity index (χ1v) is 18.4. The second-order valence-electron chi connectivity index (χ2n) is 12.4. The van der Waals surface area contributed by atoms with Crippen molar-refractivity contribution in [3.63, 3.8) is 0 Å². The number of rotatable bonds is 37. The van der Waals surface area contributed by atoms with Crippen LogP contribution in [-0.4, -0.2) is 138 Å². The van der Waals surface area contributed by atoms with E-state index < -0.39 is 35.7 Å². The van der Waals surface area contributed by atoms with Crippen molar-refractivity contribution in [1.29, 1.82) is 0 Å². The largest absolute Gasteiger partial charge is 0.377 e. The van der Waals surface area contributed by atoms with Crippen molar-refractivity contribution in [3.8, 4) is 0 Å². The van der Waals surface area contributed by atoms with Gasteiger partial charge in [0.05, 0.1) is 46.2 Å². The van der Waals surface area contributed by atoms with E-state index in [0.717, 1.165) is 0 Å². The van der Waals surface area contributed by atoms with Gasteiger partial charge < -0.3 is 56.4 Å². The molecule has 0 heterocycles. The zero-order valence-corrected chi connectivity index (χ0v) is 31.9. The summed E-state index contributed by atoms with van der Waals surface area (Å²) in [5.41, 5.74) is 10.8. The number of ketones is 2. The van der Waals surface area contributed by atoms with Crippen LogP contribution in [0.2, 0.25) is 0 Å². The van der Waals surface area contributed by atoms with Crippen LogP contribution in [0.15, 0.2) is 0 Å². The van der Waals surface area contributed by atoms with E-state index in [-0.39, 0.29) is 89.1 Å². The molecule has 0 spiro atoms. The molecule has 0 aliphatic rings. The summed E-state index contributed by atoms with van der Waals surface area (Å²) < 4.78 is 26.3. The van der Waals surface area contributed by atoms with Gasteiger partial charge in [0.25, 0.3) is 0 Å². The summed E-state index contributed by atoms with van der Waals surface area (Å²) in [6, 6.07) is -1.71. The predicted octanol–water partition coefficient (Wildman–Crippen LogP) is -1.29. The third kappa shape index (κ3) is 32.6. The second-order valence-corrected chi connectivity index (χ2v) is 12.4. The van der Waals surface area contributed by atoms with Gasteiger partial charge in [-0.3, -0.25) is 38.4 Å². The maximum absolute atomic E-state index is 12.2. The minimum Gasteiger partial charge on any atom is -0.377 e. The molecule has 0 rings (SSSR count). The van der Waals surface area contributed by atoms with Gasteiger partial charge in [-0.25, -0.2) is 0 Å². The van der Waals surface area contributed by atoms with Crippen molar-refractivity contribution >= 4 is 47.0 Å². The van der Waals surface area contributed by atoms with Crippen LogP contribution >= 0.6 is 0 Å². The third-order valence-corrected chi connectivity index (χ3v) is 7.49. The number of unbranched alkanes of at least 4 members (excludes halogenated alkanes) is 4. The molecule has 19 nitrogen and oxygen atoms in total. The second kappa shape index (κ2) is 33.5. The fourth-order valence-electron chi connectivity index (χ4n) is 4.68. The van der Waals surface area contributed by atoms with Crippen LogP contribution in [0.3, 0.4) is 0 Å². The molecule has 8 N–H and O–H groups in total. The molecular formula is C35H62N6O13. The maximum Gasteiger partial charge on any atom is 0.246 e. The molecule has 0 aliphatic heterocycles.